The molecule has 0 spiro atoms. The van der Waals surface area contributed by atoms with E-state index < -0.39 is 11.9 Å². The quantitative estimate of drug-likeness (QED) is 0.774. The molecule has 0 radical (unpaired) electrons. The van der Waals surface area contributed by atoms with Gasteiger partial charge in [0.05, 0.1) is 5.56 Å². The van der Waals surface area contributed by atoms with Gasteiger partial charge in [-0.3, -0.25) is 4.79 Å². The van der Waals surface area contributed by atoms with Crippen LogP contribution in [0.25, 0.3) is 5.82 Å². The highest BCUT2D eigenvalue weighted by Crippen LogP contribution is 2.27. The van der Waals surface area contributed by atoms with E-state index in [0.29, 0.717) is 0 Å². The molecular formula is C11H8F3N3O. The largest absolute Gasteiger partial charge is 0.435 e. The number of hydrogen-bond donors (Lipinski definition) is 0. The SMILES string of the molecule is CC(=O)c1cccnc1-n1ccc(C(F)(F)F)n1. The van der Waals surface area contributed by atoms with E-state index in [2.05, 4.69) is 10.1 Å². The van der Waals surface area contributed by atoms with Gasteiger partial charge in [0, 0.05) is 12.4 Å². The lowest BCUT2D eigenvalue weighted by Crippen LogP contribution is -2.10. The Kier molecular flexibility index (Phi) is 2.90. The Hall–Kier alpha value is -2.18. The fourth-order valence-corrected chi connectivity index (χ4v) is 1.45. The summed E-state index contributed by atoms with van der Waals surface area (Å²) in [5.41, 5.74) is -0.808. The topological polar surface area (TPSA) is 47.8 Å². The van der Waals surface area contributed by atoms with Crippen molar-refractivity contribution in [3.05, 3.63) is 41.9 Å². The van der Waals surface area contributed by atoms with Crippen LogP contribution in [0.5, 0.6) is 0 Å². The number of carbonyl (C=O) groups excluding carboxylic acids is 1. The second kappa shape index (κ2) is 4.25. The van der Waals surface area contributed by atoms with Crippen molar-refractivity contribution in [3.63, 3.8) is 0 Å². The molecule has 4 nitrogen and oxygen atoms in total. The molecule has 0 aliphatic rings. The third kappa shape index (κ3) is 2.24. The molecule has 2 aromatic rings. The molecule has 0 N–H and O–H groups in total. The molecule has 18 heavy (non-hydrogen) atoms. The van der Waals surface area contributed by atoms with Crippen molar-refractivity contribution in [2.45, 2.75) is 13.1 Å². The molecule has 2 rings (SSSR count). The van der Waals surface area contributed by atoms with Crippen molar-refractivity contribution >= 4 is 5.78 Å². The van der Waals surface area contributed by atoms with E-state index in [0.717, 1.165) is 16.9 Å². The lowest BCUT2D eigenvalue weighted by atomic mass is 10.2. The molecule has 2 heterocycles. The smallest absolute Gasteiger partial charge is 0.294 e. The number of Topliss-reactive ketones (excluding diaryl/α,β-unsaturated/α-hetero) is 1. The van der Waals surface area contributed by atoms with Gasteiger partial charge in [-0.15, -0.1) is 0 Å². The zero-order chi connectivity index (χ0) is 13.3. The Bertz CT molecular complexity index is 589. The number of alkyl halides is 3. The van der Waals surface area contributed by atoms with Gasteiger partial charge in [0.1, 0.15) is 0 Å². The number of pyridine rings is 1. The molecule has 0 aliphatic carbocycles. The zero-order valence-electron chi connectivity index (χ0n) is 9.27. The summed E-state index contributed by atoms with van der Waals surface area (Å²) in [5, 5.41) is 3.37. The lowest BCUT2D eigenvalue weighted by Gasteiger charge is -2.05. The molecule has 0 aliphatic heterocycles. The highest BCUT2D eigenvalue weighted by atomic mass is 19.4. The minimum Gasteiger partial charge on any atom is -0.294 e. The first-order valence-electron chi connectivity index (χ1n) is 4.99. The fraction of sp³-hybridized carbons (Fsp3) is 0.182. The molecule has 0 atom stereocenters. The molecule has 0 amide bonds. The van der Waals surface area contributed by atoms with Gasteiger partial charge < -0.3 is 0 Å². The number of aromatic nitrogens is 3. The predicted molar refractivity (Wildman–Crippen MR) is 56.4 cm³/mol. The van der Waals surface area contributed by atoms with Gasteiger partial charge in [0.15, 0.2) is 17.3 Å². The number of rotatable bonds is 2. The average molecular weight is 255 g/mol. The maximum Gasteiger partial charge on any atom is 0.435 e. The molecule has 0 bridgehead atoms. The van der Waals surface area contributed by atoms with Crippen LogP contribution >= 0.6 is 0 Å². The van der Waals surface area contributed by atoms with E-state index in [1.165, 1.54) is 25.3 Å². The number of halogens is 3. The molecule has 7 heteroatoms. The van der Waals surface area contributed by atoms with Crippen molar-refractivity contribution in [3.8, 4) is 5.82 Å². The first kappa shape index (κ1) is 12.3. The monoisotopic (exact) mass is 255 g/mol. The van der Waals surface area contributed by atoms with E-state index in [9.17, 15) is 18.0 Å². The Morgan fingerprint density at radius 2 is 2.06 bits per heavy atom. The maximum atomic E-state index is 12.4. The Balaban J connectivity index is 2.50. The van der Waals surface area contributed by atoms with Crippen molar-refractivity contribution in [2.75, 3.05) is 0 Å². The van der Waals surface area contributed by atoms with Crippen LogP contribution in [0.4, 0.5) is 13.2 Å². The maximum absolute atomic E-state index is 12.4. The first-order chi connectivity index (χ1) is 8.39. The highest BCUT2D eigenvalue weighted by molar-refractivity contribution is 5.96. The van der Waals surface area contributed by atoms with Crippen molar-refractivity contribution in [2.24, 2.45) is 0 Å². The van der Waals surface area contributed by atoms with Crippen LogP contribution in [0.2, 0.25) is 0 Å². The van der Waals surface area contributed by atoms with Crippen LogP contribution in [-0.2, 0) is 6.18 Å². The van der Waals surface area contributed by atoms with Gasteiger partial charge in [-0.25, -0.2) is 9.67 Å². The number of nitrogens with zero attached hydrogens (tertiary/aromatic N) is 3. The third-order valence-corrected chi connectivity index (χ3v) is 2.26. The van der Waals surface area contributed by atoms with Crippen LogP contribution in [0.3, 0.4) is 0 Å². The van der Waals surface area contributed by atoms with Crippen molar-refractivity contribution in [1.29, 1.82) is 0 Å². The van der Waals surface area contributed by atoms with Crippen LogP contribution < -0.4 is 0 Å². The van der Waals surface area contributed by atoms with Crippen LogP contribution in [-0.4, -0.2) is 20.5 Å². The summed E-state index contributed by atoms with van der Waals surface area (Å²) in [5.74, 6) is -0.206. The van der Waals surface area contributed by atoms with E-state index in [1.54, 1.807) is 0 Å². The zero-order valence-corrected chi connectivity index (χ0v) is 9.27. The highest BCUT2D eigenvalue weighted by Gasteiger charge is 2.33. The van der Waals surface area contributed by atoms with Gasteiger partial charge in [-0.05, 0) is 25.1 Å². The molecule has 0 saturated heterocycles. The molecule has 0 unspecified atom stereocenters. The van der Waals surface area contributed by atoms with E-state index in [4.69, 9.17) is 0 Å². The standard InChI is InChI=1S/C11H8F3N3O/c1-7(18)8-3-2-5-15-10(8)17-6-4-9(16-17)11(12,13)14/h2-6H,1H3. The Morgan fingerprint density at radius 1 is 1.33 bits per heavy atom. The summed E-state index contributed by atoms with van der Waals surface area (Å²) in [6.45, 7) is 1.31. The molecule has 0 fully saturated rings. The lowest BCUT2D eigenvalue weighted by molar-refractivity contribution is -0.141. The summed E-state index contributed by atoms with van der Waals surface area (Å²) in [6.07, 6.45) is -2.01. The van der Waals surface area contributed by atoms with Crippen molar-refractivity contribution < 1.29 is 18.0 Å². The van der Waals surface area contributed by atoms with Gasteiger partial charge >= 0.3 is 6.18 Å². The summed E-state index contributed by atoms with van der Waals surface area (Å²) < 4.78 is 38.2. The molecule has 0 aromatic carbocycles. The minimum absolute atomic E-state index is 0.0838. The van der Waals surface area contributed by atoms with Gasteiger partial charge in [-0.1, -0.05) is 0 Å². The summed E-state index contributed by atoms with van der Waals surface area (Å²) in [6, 6.07) is 3.85. The molecule has 2 aromatic heterocycles. The Labute approximate surface area is 100 Å². The summed E-state index contributed by atoms with van der Waals surface area (Å²) >= 11 is 0. The van der Waals surface area contributed by atoms with E-state index in [1.807, 2.05) is 0 Å². The fourth-order valence-electron chi connectivity index (χ4n) is 1.45. The third-order valence-electron chi connectivity index (χ3n) is 2.26. The van der Waals surface area contributed by atoms with E-state index in [-0.39, 0.29) is 17.2 Å². The van der Waals surface area contributed by atoms with E-state index >= 15 is 0 Å². The van der Waals surface area contributed by atoms with Gasteiger partial charge in [0.2, 0.25) is 0 Å². The van der Waals surface area contributed by atoms with Crippen LogP contribution in [0.15, 0.2) is 30.6 Å². The van der Waals surface area contributed by atoms with Crippen molar-refractivity contribution in [1.82, 2.24) is 14.8 Å². The van der Waals surface area contributed by atoms with Gasteiger partial charge in [0.25, 0.3) is 0 Å². The number of ketones is 1. The molecule has 94 valence electrons. The predicted octanol–water partition coefficient (Wildman–Crippen LogP) is 2.49. The normalized spacial score (nSPS) is 11.6. The molecular weight excluding hydrogens is 247 g/mol. The summed E-state index contributed by atoms with van der Waals surface area (Å²) in [7, 11) is 0. The first-order valence-corrected chi connectivity index (χ1v) is 4.99. The van der Waals surface area contributed by atoms with Crippen LogP contribution in [0.1, 0.15) is 23.0 Å². The Morgan fingerprint density at radius 3 is 2.61 bits per heavy atom. The summed E-state index contributed by atoms with van der Waals surface area (Å²) in [4.78, 5) is 15.2. The van der Waals surface area contributed by atoms with Crippen LogP contribution in [0, 0.1) is 0 Å². The average Bonchev–Trinajstić information content (AvgIpc) is 2.77. The molecule has 0 saturated carbocycles. The van der Waals surface area contributed by atoms with Gasteiger partial charge in [-0.2, -0.15) is 18.3 Å². The minimum atomic E-state index is -4.52. The number of carbonyl (C=O) groups is 1. The second-order valence-electron chi connectivity index (χ2n) is 3.57. The number of hydrogen-bond acceptors (Lipinski definition) is 3. The second-order valence-corrected chi connectivity index (χ2v) is 3.57.